The molecule has 2 rings (SSSR count). The van der Waals surface area contributed by atoms with E-state index in [0.717, 1.165) is 12.8 Å². The average Bonchev–Trinajstić information content (AvgIpc) is 2.41. The van der Waals surface area contributed by atoms with Gasteiger partial charge in [0.05, 0.1) is 11.4 Å². The Morgan fingerprint density at radius 2 is 1.67 bits per heavy atom. The van der Waals surface area contributed by atoms with Gasteiger partial charge in [-0.15, -0.1) is 0 Å². The molecule has 18 heavy (non-hydrogen) atoms. The Labute approximate surface area is 116 Å². The van der Waals surface area contributed by atoms with Gasteiger partial charge in [-0.2, -0.15) is 0 Å². The van der Waals surface area contributed by atoms with Crippen LogP contribution in [0.3, 0.4) is 0 Å². The SMILES string of the molecule is Nc1ccc(CCC(Br)c2ccccc2)cc1N. The van der Waals surface area contributed by atoms with Crippen LogP contribution in [0.1, 0.15) is 22.4 Å². The third-order valence-corrected chi connectivity index (χ3v) is 3.99. The van der Waals surface area contributed by atoms with Crippen molar-refractivity contribution in [2.24, 2.45) is 0 Å². The summed E-state index contributed by atoms with van der Waals surface area (Å²) in [6.07, 6.45) is 2.02. The minimum absolute atomic E-state index is 0.373. The summed E-state index contributed by atoms with van der Waals surface area (Å²) in [5.74, 6) is 0. The highest BCUT2D eigenvalue weighted by Crippen LogP contribution is 2.28. The van der Waals surface area contributed by atoms with Crippen molar-refractivity contribution in [3.63, 3.8) is 0 Å². The molecule has 1 unspecified atom stereocenters. The molecule has 0 amide bonds. The van der Waals surface area contributed by atoms with E-state index in [1.807, 2.05) is 24.3 Å². The molecule has 0 aliphatic rings. The van der Waals surface area contributed by atoms with Crippen molar-refractivity contribution in [1.82, 2.24) is 0 Å². The van der Waals surface area contributed by atoms with Gasteiger partial charge in [0.25, 0.3) is 0 Å². The number of nitrogen functional groups attached to an aromatic ring is 2. The lowest BCUT2D eigenvalue weighted by Crippen LogP contribution is -1.97. The van der Waals surface area contributed by atoms with E-state index in [9.17, 15) is 0 Å². The third-order valence-electron chi connectivity index (χ3n) is 3.00. The van der Waals surface area contributed by atoms with Crippen LogP contribution in [0.15, 0.2) is 48.5 Å². The van der Waals surface area contributed by atoms with Gasteiger partial charge in [-0.3, -0.25) is 0 Å². The first-order chi connectivity index (χ1) is 8.66. The molecule has 0 aliphatic carbocycles. The van der Waals surface area contributed by atoms with Gasteiger partial charge in [0.2, 0.25) is 0 Å². The monoisotopic (exact) mass is 304 g/mol. The van der Waals surface area contributed by atoms with Gasteiger partial charge in [0, 0.05) is 4.83 Å². The Morgan fingerprint density at radius 3 is 2.33 bits per heavy atom. The molecular weight excluding hydrogens is 288 g/mol. The minimum atomic E-state index is 0.373. The number of benzene rings is 2. The van der Waals surface area contributed by atoms with Gasteiger partial charge < -0.3 is 11.5 Å². The van der Waals surface area contributed by atoms with E-state index in [-0.39, 0.29) is 0 Å². The lowest BCUT2D eigenvalue weighted by Gasteiger charge is -2.10. The van der Waals surface area contributed by atoms with E-state index in [4.69, 9.17) is 11.5 Å². The Bertz CT molecular complexity index is 511. The van der Waals surface area contributed by atoms with Gasteiger partial charge in [-0.1, -0.05) is 52.3 Å². The van der Waals surface area contributed by atoms with Crippen LogP contribution in [0.5, 0.6) is 0 Å². The smallest absolute Gasteiger partial charge is 0.0550 e. The van der Waals surface area contributed by atoms with Gasteiger partial charge in [-0.25, -0.2) is 0 Å². The van der Waals surface area contributed by atoms with E-state index < -0.39 is 0 Å². The molecule has 0 bridgehead atoms. The van der Waals surface area contributed by atoms with Crippen LogP contribution in [0, 0.1) is 0 Å². The van der Waals surface area contributed by atoms with E-state index in [1.165, 1.54) is 11.1 Å². The quantitative estimate of drug-likeness (QED) is 0.664. The molecule has 0 spiro atoms. The molecule has 4 N–H and O–H groups in total. The summed E-state index contributed by atoms with van der Waals surface area (Å²) in [7, 11) is 0. The predicted octanol–water partition coefficient (Wildman–Crippen LogP) is 3.92. The zero-order valence-corrected chi connectivity index (χ0v) is 11.7. The van der Waals surface area contributed by atoms with Crippen molar-refractivity contribution in [3.05, 3.63) is 59.7 Å². The Kier molecular flexibility index (Phi) is 4.26. The third kappa shape index (κ3) is 3.26. The van der Waals surface area contributed by atoms with Crippen molar-refractivity contribution in [2.75, 3.05) is 11.5 Å². The maximum Gasteiger partial charge on any atom is 0.0550 e. The molecule has 94 valence electrons. The fourth-order valence-electron chi connectivity index (χ4n) is 1.90. The van der Waals surface area contributed by atoms with Crippen molar-refractivity contribution < 1.29 is 0 Å². The molecule has 1 atom stereocenters. The highest BCUT2D eigenvalue weighted by molar-refractivity contribution is 9.09. The maximum absolute atomic E-state index is 5.80. The van der Waals surface area contributed by atoms with E-state index in [1.54, 1.807) is 0 Å². The number of nitrogens with two attached hydrogens (primary N) is 2. The second kappa shape index (κ2) is 5.91. The first-order valence-electron chi connectivity index (χ1n) is 5.99. The first-order valence-corrected chi connectivity index (χ1v) is 6.91. The van der Waals surface area contributed by atoms with Crippen LogP contribution in [0.2, 0.25) is 0 Å². The van der Waals surface area contributed by atoms with Gasteiger partial charge in [-0.05, 0) is 36.1 Å². The molecular formula is C15H17BrN2. The molecule has 0 saturated carbocycles. The number of hydrogen-bond acceptors (Lipinski definition) is 2. The van der Waals surface area contributed by atoms with Crippen molar-refractivity contribution >= 4 is 27.3 Å². The fourth-order valence-corrected chi connectivity index (χ4v) is 2.44. The number of halogens is 1. The summed E-state index contributed by atoms with van der Waals surface area (Å²) >= 11 is 3.72. The molecule has 0 aliphatic heterocycles. The summed E-state index contributed by atoms with van der Waals surface area (Å²) < 4.78 is 0. The molecule has 2 nitrogen and oxygen atoms in total. The van der Waals surface area contributed by atoms with Crippen molar-refractivity contribution in [1.29, 1.82) is 0 Å². The van der Waals surface area contributed by atoms with Gasteiger partial charge >= 0.3 is 0 Å². The fraction of sp³-hybridized carbons (Fsp3) is 0.200. The number of aryl methyl sites for hydroxylation is 1. The molecule has 0 heterocycles. The van der Waals surface area contributed by atoms with Crippen LogP contribution in [0.4, 0.5) is 11.4 Å². The summed E-state index contributed by atoms with van der Waals surface area (Å²) in [4.78, 5) is 0.373. The number of rotatable bonds is 4. The second-order valence-corrected chi connectivity index (χ2v) is 5.49. The zero-order valence-electron chi connectivity index (χ0n) is 10.1. The van der Waals surface area contributed by atoms with Crippen LogP contribution in [-0.4, -0.2) is 0 Å². The Balaban J connectivity index is 1.97. The standard InChI is InChI=1S/C15H17BrN2/c16-13(12-4-2-1-3-5-12)8-6-11-7-9-14(17)15(18)10-11/h1-5,7,9-10,13H,6,8,17-18H2. The summed E-state index contributed by atoms with van der Waals surface area (Å²) in [6, 6.07) is 16.3. The topological polar surface area (TPSA) is 52.0 Å². The van der Waals surface area contributed by atoms with Crippen LogP contribution in [-0.2, 0) is 6.42 Å². The molecule has 0 aromatic heterocycles. The molecule has 0 radical (unpaired) electrons. The largest absolute Gasteiger partial charge is 0.397 e. The molecule has 2 aromatic rings. The molecule has 2 aromatic carbocycles. The van der Waals surface area contributed by atoms with Gasteiger partial charge in [0.15, 0.2) is 0 Å². The van der Waals surface area contributed by atoms with Crippen LogP contribution in [0.25, 0.3) is 0 Å². The van der Waals surface area contributed by atoms with Crippen LogP contribution >= 0.6 is 15.9 Å². The molecule has 0 saturated heterocycles. The lowest BCUT2D eigenvalue weighted by molar-refractivity contribution is 0.814. The van der Waals surface area contributed by atoms with E-state index in [0.29, 0.717) is 16.2 Å². The van der Waals surface area contributed by atoms with Crippen molar-refractivity contribution in [3.8, 4) is 0 Å². The molecule has 3 heteroatoms. The highest BCUT2D eigenvalue weighted by atomic mass is 79.9. The number of hydrogen-bond donors (Lipinski definition) is 2. The van der Waals surface area contributed by atoms with E-state index >= 15 is 0 Å². The van der Waals surface area contributed by atoms with E-state index in [2.05, 4.69) is 40.2 Å². The maximum atomic E-state index is 5.80. The van der Waals surface area contributed by atoms with Crippen molar-refractivity contribution in [2.45, 2.75) is 17.7 Å². The Hall–Kier alpha value is -1.48. The Morgan fingerprint density at radius 1 is 0.944 bits per heavy atom. The summed E-state index contributed by atoms with van der Waals surface area (Å²) in [5.41, 5.74) is 15.3. The zero-order chi connectivity index (χ0) is 13.0. The first kappa shape index (κ1) is 13.0. The average molecular weight is 305 g/mol. The highest BCUT2D eigenvalue weighted by Gasteiger charge is 2.07. The minimum Gasteiger partial charge on any atom is -0.397 e. The van der Waals surface area contributed by atoms with Gasteiger partial charge in [0.1, 0.15) is 0 Å². The number of anilines is 2. The molecule has 0 fully saturated rings. The summed E-state index contributed by atoms with van der Waals surface area (Å²) in [6.45, 7) is 0. The summed E-state index contributed by atoms with van der Waals surface area (Å²) in [5, 5.41) is 0. The lowest BCUT2D eigenvalue weighted by atomic mass is 10.0. The normalized spacial score (nSPS) is 12.3. The second-order valence-electron chi connectivity index (χ2n) is 4.38. The predicted molar refractivity (Wildman–Crippen MR) is 81.7 cm³/mol. The van der Waals surface area contributed by atoms with Crippen LogP contribution < -0.4 is 11.5 Å². The number of alkyl halides is 1.